The molecule has 0 unspecified atom stereocenters. The molecule has 6 rings (SSSR count). The van der Waals surface area contributed by atoms with Crippen molar-refractivity contribution in [3.05, 3.63) is 101 Å². The number of H-pyrrole nitrogens is 1. The third-order valence-electron chi connectivity index (χ3n) is 6.71. The van der Waals surface area contributed by atoms with Crippen LogP contribution in [0.3, 0.4) is 0 Å². The molecule has 38 heavy (non-hydrogen) atoms. The molecule has 1 amide bonds. The van der Waals surface area contributed by atoms with Gasteiger partial charge in [0.15, 0.2) is 5.76 Å². The normalized spacial score (nSPS) is 15.9. The highest BCUT2D eigenvalue weighted by molar-refractivity contribution is 5.93. The minimum absolute atomic E-state index is 0.258. The first-order valence-corrected chi connectivity index (χ1v) is 12.2. The van der Waals surface area contributed by atoms with Gasteiger partial charge in [0.1, 0.15) is 6.04 Å². The number of aromatic amines is 1. The number of benzene rings is 1. The monoisotopic (exact) mass is 507 g/mol. The quantitative estimate of drug-likeness (QED) is 0.359. The van der Waals surface area contributed by atoms with Gasteiger partial charge in [-0.05, 0) is 48.0 Å². The van der Waals surface area contributed by atoms with E-state index in [1.807, 2.05) is 43.4 Å². The standard InChI is InChI=1S/C28H25N7O3/c1-3-4-5-21-17(2)20-13-25(27-34-32-16-38-27)35(15-24(20)33-21)28(36)26-18(8-11-37-26)14-31-19-6-7-22-23(12-19)30-10-9-29-22/h3-12,16,25,31,33H,2,13-15H2,1H3/b4-3-,21-5+/t25-/m1/s1. The second-order valence-corrected chi connectivity index (χ2v) is 8.99. The molecule has 5 heterocycles. The highest BCUT2D eigenvalue weighted by Crippen LogP contribution is 2.32. The summed E-state index contributed by atoms with van der Waals surface area (Å²) in [5.41, 5.74) is 5.18. The first-order chi connectivity index (χ1) is 18.6. The maximum absolute atomic E-state index is 13.9. The van der Waals surface area contributed by atoms with Gasteiger partial charge in [0.2, 0.25) is 12.3 Å². The molecule has 5 aromatic rings. The van der Waals surface area contributed by atoms with Crippen LogP contribution in [0.2, 0.25) is 0 Å². The molecule has 0 aliphatic carbocycles. The molecule has 1 aromatic carbocycles. The maximum atomic E-state index is 13.9. The van der Waals surface area contributed by atoms with E-state index in [0.717, 1.165) is 44.1 Å². The lowest BCUT2D eigenvalue weighted by Gasteiger charge is -2.33. The predicted octanol–water partition coefficient (Wildman–Crippen LogP) is 3.25. The number of fused-ring (bicyclic) bond motifs is 2. The number of amides is 1. The van der Waals surface area contributed by atoms with E-state index < -0.39 is 6.04 Å². The van der Waals surface area contributed by atoms with Gasteiger partial charge < -0.3 is 24.0 Å². The van der Waals surface area contributed by atoms with Crippen LogP contribution in [-0.2, 0) is 19.5 Å². The predicted molar refractivity (Wildman–Crippen MR) is 141 cm³/mol. The molecular formula is C28H25N7O3. The van der Waals surface area contributed by atoms with E-state index in [9.17, 15) is 4.79 Å². The molecule has 4 aromatic heterocycles. The second kappa shape index (κ2) is 9.81. The van der Waals surface area contributed by atoms with E-state index in [0.29, 0.717) is 25.4 Å². The third kappa shape index (κ3) is 4.26. The summed E-state index contributed by atoms with van der Waals surface area (Å²) in [5, 5.41) is 13.1. The van der Waals surface area contributed by atoms with E-state index in [-0.39, 0.29) is 11.7 Å². The SMILES string of the molecule is C=c1c2c([nH]/c1=C/C=C\C)CN(C(=O)c1occc1CNc1ccc3nccnc3c1)[C@@H](c1nnco1)C2. The number of anilines is 1. The third-order valence-corrected chi connectivity index (χ3v) is 6.71. The summed E-state index contributed by atoms with van der Waals surface area (Å²) in [6, 6.07) is 7.10. The zero-order chi connectivity index (χ0) is 26.1. The Labute approximate surface area is 217 Å². The summed E-state index contributed by atoms with van der Waals surface area (Å²) >= 11 is 0. The average Bonchev–Trinajstić information content (AvgIpc) is 3.71. The van der Waals surface area contributed by atoms with E-state index in [1.54, 1.807) is 23.4 Å². The van der Waals surface area contributed by atoms with Crippen molar-refractivity contribution in [2.45, 2.75) is 32.5 Å². The first kappa shape index (κ1) is 23.4. The van der Waals surface area contributed by atoms with Crippen LogP contribution in [0, 0.1) is 0 Å². The molecule has 10 nitrogen and oxygen atoms in total. The fourth-order valence-electron chi connectivity index (χ4n) is 4.78. The lowest BCUT2D eigenvalue weighted by Crippen LogP contribution is -2.40. The van der Waals surface area contributed by atoms with Gasteiger partial charge in [-0.15, -0.1) is 10.2 Å². The number of hydrogen-bond acceptors (Lipinski definition) is 8. The summed E-state index contributed by atoms with van der Waals surface area (Å²) in [7, 11) is 0. The van der Waals surface area contributed by atoms with Gasteiger partial charge in [0.25, 0.3) is 5.91 Å². The smallest absolute Gasteiger partial charge is 0.290 e. The van der Waals surface area contributed by atoms with Crippen molar-refractivity contribution in [3.63, 3.8) is 0 Å². The van der Waals surface area contributed by atoms with Gasteiger partial charge in [-0.1, -0.05) is 18.7 Å². The van der Waals surface area contributed by atoms with Crippen LogP contribution in [0.4, 0.5) is 5.69 Å². The summed E-state index contributed by atoms with van der Waals surface area (Å²) < 4.78 is 11.3. The fourth-order valence-corrected chi connectivity index (χ4v) is 4.78. The highest BCUT2D eigenvalue weighted by atomic mass is 16.4. The lowest BCUT2D eigenvalue weighted by molar-refractivity contribution is 0.0566. The van der Waals surface area contributed by atoms with Gasteiger partial charge in [-0.2, -0.15) is 0 Å². The number of nitrogens with zero attached hydrogens (tertiary/aromatic N) is 5. The Bertz CT molecular complexity index is 1750. The molecule has 0 radical (unpaired) electrons. The number of rotatable bonds is 6. The average molecular weight is 508 g/mol. The number of aromatic nitrogens is 5. The molecule has 190 valence electrons. The number of nitrogens with one attached hydrogen (secondary N) is 2. The molecule has 2 N–H and O–H groups in total. The van der Waals surface area contributed by atoms with E-state index in [1.165, 1.54) is 12.7 Å². The molecule has 1 aliphatic heterocycles. The Hall–Kier alpha value is -4.99. The highest BCUT2D eigenvalue weighted by Gasteiger charge is 2.37. The molecule has 1 aliphatic rings. The second-order valence-electron chi connectivity index (χ2n) is 8.99. The fraction of sp³-hybridized carbons (Fsp3) is 0.179. The van der Waals surface area contributed by atoms with E-state index in [4.69, 9.17) is 8.83 Å². The van der Waals surface area contributed by atoms with Crippen LogP contribution in [-0.4, -0.2) is 36.0 Å². The van der Waals surface area contributed by atoms with Crippen molar-refractivity contribution >= 4 is 35.3 Å². The summed E-state index contributed by atoms with van der Waals surface area (Å²) in [6.07, 6.45) is 12.5. The molecule has 1 atom stereocenters. The van der Waals surface area contributed by atoms with Crippen molar-refractivity contribution in [2.75, 3.05) is 5.32 Å². The van der Waals surface area contributed by atoms with Crippen LogP contribution in [0.25, 0.3) is 23.7 Å². The minimum atomic E-state index is -0.451. The summed E-state index contributed by atoms with van der Waals surface area (Å²) in [5.74, 6) is 0.365. The van der Waals surface area contributed by atoms with Crippen molar-refractivity contribution in [3.8, 4) is 0 Å². The van der Waals surface area contributed by atoms with Gasteiger partial charge in [-0.25, -0.2) is 0 Å². The molecule has 0 saturated heterocycles. The Kier molecular flexibility index (Phi) is 6.04. The number of carbonyl (C=O) groups excluding carboxylic acids is 1. The molecular weight excluding hydrogens is 482 g/mol. The molecule has 0 bridgehead atoms. The van der Waals surface area contributed by atoms with Crippen LogP contribution < -0.4 is 15.9 Å². The molecule has 0 fully saturated rings. The van der Waals surface area contributed by atoms with Crippen molar-refractivity contribution in [1.29, 1.82) is 0 Å². The summed E-state index contributed by atoms with van der Waals surface area (Å²) in [4.78, 5) is 27.7. The largest absolute Gasteiger partial charge is 0.459 e. The molecule has 0 saturated carbocycles. The van der Waals surface area contributed by atoms with Gasteiger partial charge in [0, 0.05) is 47.7 Å². The maximum Gasteiger partial charge on any atom is 0.290 e. The van der Waals surface area contributed by atoms with E-state index in [2.05, 4.69) is 37.0 Å². The number of furan rings is 1. The van der Waals surface area contributed by atoms with Crippen LogP contribution in [0.15, 0.2) is 70.3 Å². The lowest BCUT2D eigenvalue weighted by atomic mass is 9.97. The Morgan fingerprint density at radius 3 is 2.92 bits per heavy atom. The van der Waals surface area contributed by atoms with Gasteiger partial charge in [-0.3, -0.25) is 14.8 Å². The van der Waals surface area contributed by atoms with Crippen molar-refractivity contribution in [2.24, 2.45) is 0 Å². The first-order valence-electron chi connectivity index (χ1n) is 12.2. The van der Waals surface area contributed by atoms with Gasteiger partial charge >= 0.3 is 0 Å². The topological polar surface area (TPSA) is 126 Å². The van der Waals surface area contributed by atoms with Crippen LogP contribution in [0.1, 0.15) is 46.2 Å². The summed E-state index contributed by atoms with van der Waals surface area (Å²) in [6.45, 7) is 6.94. The van der Waals surface area contributed by atoms with Crippen molar-refractivity contribution < 1.29 is 13.6 Å². The number of hydrogen-bond donors (Lipinski definition) is 2. The Morgan fingerprint density at radius 1 is 1.24 bits per heavy atom. The minimum Gasteiger partial charge on any atom is -0.459 e. The van der Waals surface area contributed by atoms with Crippen molar-refractivity contribution in [1.82, 2.24) is 30.0 Å². The Balaban J connectivity index is 1.29. The molecule has 0 spiro atoms. The number of allylic oxidation sites excluding steroid dienone is 2. The number of carbonyl (C=O) groups is 1. The zero-order valence-electron chi connectivity index (χ0n) is 20.7. The Morgan fingerprint density at radius 2 is 2.11 bits per heavy atom. The van der Waals surface area contributed by atoms with Gasteiger partial charge in [0.05, 0.1) is 23.8 Å². The van der Waals surface area contributed by atoms with Crippen LogP contribution >= 0.6 is 0 Å². The van der Waals surface area contributed by atoms with E-state index >= 15 is 0 Å². The zero-order valence-corrected chi connectivity index (χ0v) is 20.7. The van der Waals surface area contributed by atoms with Crippen LogP contribution in [0.5, 0.6) is 0 Å². The molecule has 10 heteroatoms.